The third kappa shape index (κ3) is 4.62. The number of hydrogen-bond acceptors (Lipinski definition) is 6. The van der Waals surface area contributed by atoms with Crippen molar-refractivity contribution in [2.45, 2.75) is 20.8 Å². The first kappa shape index (κ1) is 22.1. The summed E-state index contributed by atoms with van der Waals surface area (Å²) in [4.78, 5) is 0. The molecule has 3 aromatic rings. The summed E-state index contributed by atoms with van der Waals surface area (Å²) in [5.41, 5.74) is 4.43. The van der Waals surface area contributed by atoms with Crippen molar-refractivity contribution in [3.05, 3.63) is 53.6 Å². The standard InChI is InChI=1S/C21H22N5O.Y/c1-5-23-18-8-6-7-15-11-14(3)20(21(27)19(15)18)26-24-16-9-10-17(25-22-4)13(2)12-16;/h6-8,10-12,23,27H,5H2,1-4H3;/q-1;. The molecule has 7 heteroatoms. The molecule has 0 aromatic heterocycles. The Bertz CT molecular complexity index is 1050. The van der Waals surface area contributed by atoms with Crippen LogP contribution in [0.5, 0.6) is 5.75 Å². The molecule has 0 bridgehead atoms. The van der Waals surface area contributed by atoms with Gasteiger partial charge in [-0.1, -0.05) is 19.1 Å². The van der Waals surface area contributed by atoms with Crippen molar-refractivity contribution >= 4 is 33.5 Å². The number of hydrogen-bond donors (Lipinski definition) is 2. The molecule has 28 heavy (non-hydrogen) atoms. The smallest absolute Gasteiger partial charge is 0.153 e. The van der Waals surface area contributed by atoms with Crippen LogP contribution in [0.4, 0.5) is 22.7 Å². The maximum Gasteiger partial charge on any atom is 0.153 e. The quantitative estimate of drug-likeness (QED) is 0.343. The predicted octanol–water partition coefficient (Wildman–Crippen LogP) is 6.52. The van der Waals surface area contributed by atoms with E-state index in [-0.39, 0.29) is 38.5 Å². The van der Waals surface area contributed by atoms with Crippen molar-refractivity contribution in [2.75, 3.05) is 18.9 Å². The van der Waals surface area contributed by atoms with Crippen LogP contribution in [0.15, 0.2) is 56.9 Å². The van der Waals surface area contributed by atoms with Crippen LogP contribution < -0.4 is 5.32 Å². The summed E-state index contributed by atoms with van der Waals surface area (Å²) in [6, 6.07) is 14.5. The number of aromatic hydroxyl groups is 1. The summed E-state index contributed by atoms with van der Waals surface area (Å²) in [5, 5.41) is 32.2. The third-order valence-electron chi connectivity index (χ3n) is 4.25. The summed E-state index contributed by atoms with van der Waals surface area (Å²) >= 11 is 0. The van der Waals surface area contributed by atoms with E-state index in [2.05, 4.69) is 31.8 Å². The molecule has 1 radical (unpaired) electrons. The zero-order valence-electron chi connectivity index (χ0n) is 16.5. The molecule has 0 saturated heterocycles. The average molecular weight is 449 g/mol. The van der Waals surface area contributed by atoms with E-state index in [0.29, 0.717) is 11.4 Å². The van der Waals surface area contributed by atoms with E-state index >= 15 is 0 Å². The van der Waals surface area contributed by atoms with Crippen molar-refractivity contribution in [1.82, 2.24) is 0 Å². The molecule has 3 rings (SSSR count). The molecular formula is C21H22N5OY-. The van der Waals surface area contributed by atoms with E-state index in [9.17, 15) is 5.11 Å². The molecule has 141 valence electrons. The Balaban J connectivity index is 0.00000280. The average Bonchev–Trinajstić information content (AvgIpc) is 2.64. The predicted molar refractivity (Wildman–Crippen MR) is 109 cm³/mol. The molecule has 0 atom stereocenters. The fourth-order valence-corrected chi connectivity index (χ4v) is 2.98. The van der Waals surface area contributed by atoms with E-state index < -0.39 is 0 Å². The van der Waals surface area contributed by atoms with Gasteiger partial charge in [0.15, 0.2) is 5.75 Å². The number of aryl methyl sites for hydroxylation is 2. The number of nitrogens with zero attached hydrogens (tertiary/aromatic N) is 4. The zero-order chi connectivity index (χ0) is 19.4. The van der Waals surface area contributed by atoms with Gasteiger partial charge in [-0.2, -0.15) is 11.2 Å². The van der Waals surface area contributed by atoms with Gasteiger partial charge in [-0.05, 0) is 48.3 Å². The Morgan fingerprint density at radius 1 is 1.07 bits per heavy atom. The number of rotatable bonds is 5. The molecule has 3 aromatic carbocycles. The minimum Gasteiger partial charge on any atom is -0.505 e. The second-order valence-electron chi connectivity index (χ2n) is 6.21. The Kier molecular flexibility index (Phi) is 7.78. The maximum atomic E-state index is 10.9. The molecule has 0 aliphatic heterocycles. The monoisotopic (exact) mass is 449 g/mol. The molecule has 0 saturated carbocycles. The largest absolute Gasteiger partial charge is 0.505 e. The zero-order valence-corrected chi connectivity index (χ0v) is 19.3. The van der Waals surface area contributed by atoms with Gasteiger partial charge in [-0.25, -0.2) is 10.2 Å². The molecule has 0 amide bonds. The van der Waals surface area contributed by atoms with Crippen LogP contribution in [0.25, 0.3) is 10.8 Å². The Labute approximate surface area is 190 Å². The molecule has 0 spiro atoms. The Morgan fingerprint density at radius 2 is 1.86 bits per heavy atom. The Hall–Kier alpha value is -2.18. The van der Waals surface area contributed by atoms with Crippen molar-refractivity contribution in [1.29, 1.82) is 0 Å². The summed E-state index contributed by atoms with van der Waals surface area (Å²) in [5.74, 6) is 0.124. The summed E-state index contributed by atoms with van der Waals surface area (Å²) in [6.45, 7) is 6.62. The topological polar surface area (TPSA) is 81.7 Å². The third-order valence-corrected chi connectivity index (χ3v) is 4.25. The van der Waals surface area contributed by atoms with E-state index in [1.807, 2.05) is 51.1 Å². The van der Waals surface area contributed by atoms with Crippen molar-refractivity contribution < 1.29 is 37.8 Å². The van der Waals surface area contributed by atoms with Gasteiger partial charge < -0.3 is 10.4 Å². The van der Waals surface area contributed by atoms with Crippen LogP contribution in [0.3, 0.4) is 0 Å². The minimum absolute atomic E-state index is 0. The molecular weight excluding hydrogens is 427 g/mol. The second-order valence-corrected chi connectivity index (χ2v) is 6.21. The molecule has 0 aliphatic rings. The molecule has 6 nitrogen and oxygen atoms in total. The first-order chi connectivity index (χ1) is 13.0. The SMILES string of the molecule is CCNc1cccc2cc(C)c(N=Nc3[c-]cc(N=NC)c(C)c3)c(O)c12.[Y]. The molecule has 0 aliphatic carbocycles. The van der Waals surface area contributed by atoms with E-state index in [1.54, 1.807) is 13.1 Å². The van der Waals surface area contributed by atoms with Gasteiger partial charge in [0, 0.05) is 57.4 Å². The van der Waals surface area contributed by atoms with Gasteiger partial charge >= 0.3 is 0 Å². The van der Waals surface area contributed by atoms with E-state index in [4.69, 9.17) is 0 Å². The van der Waals surface area contributed by atoms with Crippen LogP contribution in [-0.2, 0) is 32.7 Å². The molecule has 0 unspecified atom stereocenters. The van der Waals surface area contributed by atoms with Crippen molar-refractivity contribution in [3.63, 3.8) is 0 Å². The maximum absolute atomic E-state index is 10.9. The van der Waals surface area contributed by atoms with Crippen LogP contribution in [0, 0.1) is 19.9 Å². The molecule has 2 N–H and O–H groups in total. The van der Waals surface area contributed by atoms with Gasteiger partial charge in [0.1, 0.15) is 5.69 Å². The van der Waals surface area contributed by atoms with E-state index in [1.165, 1.54) is 0 Å². The molecule has 0 heterocycles. The van der Waals surface area contributed by atoms with Crippen molar-refractivity contribution in [2.24, 2.45) is 20.5 Å². The normalized spacial score (nSPS) is 11.3. The number of azo groups is 2. The molecule has 0 fully saturated rings. The number of anilines is 1. The van der Waals surface area contributed by atoms with Crippen LogP contribution in [0.1, 0.15) is 18.1 Å². The fourth-order valence-electron chi connectivity index (χ4n) is 2.98. The summed E-state index contributed by atoms with van der Waals surface area (Å²) in [7, 11) is 1.62. The fraction of sp³-hybridized carbons (Fsp3) is 0.238. The first-order valence-electron chi connectivity index (χ1n) is 8.78. The summed E-state index contributed by atoms with van der Waals surface area (Å²) in [6.07, 6.45) is 0. The Morgan fingerprint density at radius 3 is 2.54 bits per heavy atom. The van der Waals surface area contributed by atoms with E-state index in [0.717, 1.165) is 39.8 Å². The second kappa shape index (κ2) is 9.85. The number of benzene rings is 3. The van der Waals surface area contributed by atoms with Crippen LogP contribution in [0.2, 0.25) is 0 Å². The first-order valence-corrected chi connectivity index (χ1v) is 8.78. The van der Waals surface area contributed by atoms with Gasteiger partial charge in [-0.15, -0.1) is 22.8 Å². The minimum atomic E-state index is 0. The number of phenols is 1. The van der Waals surface area contributed by atoms with Gasteiger partial charge in [0.2, 0.25) is 0 Å². The number of fused-ring (bicyclic) bond motifs is 1. The summed E-state index contributed by atoms with van der Waals surface area (Å²) < 4.78 is 0. The van der Waals surface area contributed by atoms with Gasteiger partial charge in [0.25, 0.3) is 0 Å². The van der Waals surface area contributed by atoms with Crippen molar-refractivity contribution in [3.8, 4) is 5.75 Å². The number of phenolic OH excluding ortho intramolecular Hbond substituents is 1. The van der Waals surface area contributed by atoms with Gasteiger partial charge in [0.05, 0.1) is 0 Å². The van der Waals surface area contributed by atoms with Gasteiger partial charge in [-0.3, -0.25) is 0 Å². The number of nitrogens with one attached hydrogen (secondary N) is 1. The van der Waals surface area contributed by atoms with Crippen LogP contribution >= 0.6 is 0 Å². The van der Waals surface area contributed by atoms with Crippen LogP contribution in [-0.4, -0.2) is 18.7 Å².